The first-order valence-corrected chi connectivity index (χ1v) is 8.75. The van der Waals surface area contributed by atoms with Gasteiger partial charge in [0.15, 0.2) is 11.5 Å². The lowest BCUT2D eigenvalue weighted by atomic mass is 9.86. The van der Waals surface area contributed by atoms with Crippen molar-refractivity contribution in [3.05, 3.63) is 18.0 Å². The molecule has 0 atom stereocenters. The van der Waals surface area contributed by atoms with Crippen LogP contribution in [-0.2, 0) is 13.0 Å². The molecule has 0 saturated heterocycles. The van der Waals surface area contributed by atoms with Crippen molar-refractivity contribution in [1.29, 1.82) is 0 Å². The minimum Gasteiger partial charge on any atom is -0.454 e. The third-order valence-corrected chi connectivity index (χ3v) is 5.15. The minimum absolute atomic E-state index is 0.121. The molecule has 2 aromatic rings. The zero-order valence-corrected chi connectivity index (χ0v) is 13.5. The number of rotatable bonds is 5. The lowest BCUT2D eigenvalue weighted by Gasteiger charge is -2.21. The van der Waals surface area contributed by atoms with E-state index < -0.39 is 0 Å². The Labute approximate surface area is 136 Å². The second kappa shape index (κ2) is 6.40. The molecule has 0 radical (unpaired) electrons. The van der Waals surface area contributed by atoms with Gasteiger partial charge in [-0.2, -0.15) is 0 Å². The van der Waals surface area contributed by atoms with E-state index in [2.05, 4.69) is 4.57 Å². The van der Waals surface area contributed by atoms with E-state index in [1.807, 2.05) is 12.1 Å². The summed E-state index contributed by atoms with van der Waals surface area (Å²) in [6, 6.07) is 3.94. The maximum absolute atomic E-state index is 9.43. The zero-order valence-electron chi connectivity index (χ0n) is 13.5. The monoisotopic (exact) mass is 316 g/mol. The van der Waals surface area contributed by atoms with Crippen LogP contribution in [0.25, 0.3) is 11.0 Å². The molecule has 1 fully saturated rings. The van der Waals surface area contributed by atoms with Gasteiger partial charge >= 0.3 is 0 Å². The first-order chi connectivity index (χ1) is 11.3. The van der Waals surface area contributed by atoms with Gasteiger partial charge in [-0.05, 0) is 12.3 Å². The number of ether oxygens (including phenoxy) is 2. The fraction of sp³-hybridized carbons (Fsp3) is 0.611. The van der Waals surface area contributed by atoms with E-state index in [-0.39, 0.29) is 13.4 Å². The Morgan fingerprint density at radius 3 is 2.70 bits per heavy atom. The lowest BCUT2D eigenvalue weighted by Crippen LogP contribution is -2.11. The fourth-order valence-electron chi connectivity index (χ4n) is 3.91. The Morgan fingerprint density at radius 2 is 1.91 bits per heavy atom. The van der Waals surface area contributed by atoms with Crippen molar-refractivity contribution in [3.8, 4) is 11.5 Å². The minimum atomic E-state index is 0.121. The van der Waals surface area contributed by atoms with Gasteiger partial charge in [0.25, 0.3) is 0 Å². The molecule has 1 aromatic heterocycles. The second-order valence-corrected chi connectivity index (χ2v) is 6.64. The molecule has 5 nitrogen and oxygen atoms in total. The molecule has 1 aliphatic carbocycles. The number of imidazole rings is 1. The molecule has 124 valence electrons. The van der Waals surface area contributed by atoms with Gasteiger partial charge in [0.05, 0.1) is 17.6 Å². The fourth-order valence-corrected chi connectivity index (χ4v) is 3.91. The number of aliphatic hydroxyl groups is 1. The van der Waals surface area contributed by atoms with E-state index in [4.69, 9.17) is 14.5 Å². The normalized spacial score (nSPS) is 18.0. The van der Waals surface area contributed by atoms with Crippen LogP contribution in [0.1, 0.15) is 44.3 Å². The highest BCUT2D eigenvalue weighted by atomic mass is 16.7. The smallest absolute Gasteiger partial charge is 0.231 e. The number of aromatic nitrogens is 2. The van der Waals surface area contributed by atoms with Crippen LogP contribution < -0.4 is 9.47 Å². The Balaban J connectivity index is 1.61. The predicted octanol–water partition coefficient (Wildman–Crippen LogP) is 3.27. The van der Waals surface area contributed by atoms with Crippen LogP contribution >= 0.6 is 0 Å². The number of nitrogens with zero attached hydrogens (tertiary/aromatic N) is 2. The van der Waals surface area contributed by atoms with Crippen LogP contribution in [-0.4, -0.2) is 28.1 Å². The van der Waals surface area contributed by atoms with Gasteiger partial charge in [-0.25, -0.2) is 4.98 Å². The molecule has 4 rings (SSSR count). The molecule has 2 heterocycles. The molecular formula is C18H24N2O3. The molecule has 0 bridgehead atoms. The molecule has 23 heavy (non-hydrogen) atoms. The maximum atomic E-state index is 9.43. The second-order valence-electron chi connectivity index (χ2n) is 6.64. The van der Waals surface area contributed by atoms with Gasteiger partial charge in [0.1, 0.15) is 5.82 Å². The summed E-state index contributed by atoms with van der Waals surface area (Å²) in [6.45, 7) is 0.975. The number of aryl methyl sites for hydroxylation is 1. The Bertz CT molecular complexity index is 689. The SMILES string of the molecule is OCCn1c(CCC2CCCCC2)nc2cc3c(cc21)OCO3. The van der Waals surface area contributed by atoms with Crippen molar-refractivity contribution < 1.29 is 14.6 Å². The summed E-state index contributed by atoms with van der Waals surface area (Å²) < 4.78 is 13.1. The molecule has 1 saturated carbocycles. The summed E-state index contributed by atoms with van der Waals surface area (Å²) >= 11 is 0. The number of hydrogen-bond donors (Lipinski definition) is 1. The number of aliphatic hydroxyl groups excluding tert-OH is 1. The third-order valence-electron chi connectivity index (χ3n) is 5.15. The molecule has 0 spiro atoms. The molecule has 0 unspecified atom stereocenters. The van der Waals surface area contributed by atoms with Crippen LogP contribution in [0.5, 0.6) is 11.5 Å². The van der Waals surface area contributed by atoms with E-state index in [1.54, 1.807) is 0 Å². The van der Waals surface area contributed by atoms with Gasteiger partial charge in [-0.3, -0.25) is 0 Å². The van der Waals surface area contributed by atoms with Crippen LogP contribution in [0.4, 0.5) is 0 Å². The average molecular weight is 316 g/mol. The van der Waals surface area contributed by atoms with E-state index in [0.29, 0.717) is 6.54 Å². The van der Waals surface area contributed by atoms with Crippen LogP contribution in [0.3, 0.4) is 0 Å². The van der Waals surface area contributed by atoms with E-state index in [9.17, 15) is 5.11 Å². The molecular weight excluding hydrogens is 292 g/mol. The number of fused-ring (bicyclic) bond motifs is 2. The average Bonchev–Trinajstić information content (AvgIpc) is 3.16. The van der Waals surface area contributed by atoms with Crippen LogP contribution in [0.15, 0.2) is 12.1 Å². The lowest BCUT2D eigenvalue weighted by molar-refractivity contribution is 0.174. The standard InChI is InChI=1S/C18H24N2O3/c21-9-8-20-15-11-17-16(22-12-23-17)10-14(15)19-18(20)7-6-13-4-2-1-3-5-13/h10-11,13,21H,1-9,12H2. The summed E-state index contributed by atoms with van der Waals surface area (Å²) in [6.07, 6.45) is 9.03. The predicted molar refractivity (Wildman–Crippen MR) is 87.8 cm³/mol. The topological polar surface area (TPSA) is 56.5 Å². The van der Waals surface area contributed by atoms with E-state index >= 15 is 0 Å². The summed E-state index contributed by atoms with van der Waals surface area (Å²) in [5.41, 5.74) is 1.96. The number of benzene rings is 1. The molecule has 5 heteroatoms. The maximum Gasteiger partial charge on any atom is 0.231 e. The first kappa shape index (κ1) is 14.8. The Morgan fingerprint density at radius 1 is 1.13 bits per heavy atom. The highest BCUT2D eigenvalue weighted by Gasteiger charge is 2.20. The van der Waals surface area contributed by atoms with Gasteiger partial charge in [0.2, 0.25) is 6.79 Å². The van der Waals surface area contributed by atoms with Gasteiger partial charge < -0.3 is 19.1 Å². The van der Waals surface area contributed by atoms with E-state index in [1.165, 1.54) is 38.5 Å². The molecule has 1 aromatic carbocycles. The largest absolute Gasteiger partial charge is 0.454 e. The van der Waals surface area contributed by atoms with E-state index in [0.717, 1.165) is 40.7 Å². The number of hydrogen-bond acceptors (Lipinski definition) is 4. The highest BCUT2D eigenvalue weighted by Crippen LogP contribution is 2.36. The summed E-state index contributed by atoms with van der Waals surface area (Å²) in [7, 11) is 0. The Hall–Kier alpha value is -1.75. The quantitative estimate of drug-likeness (QED) is 0.920. The van der Waals surface area contributed by atoms with Crippen molar-refractivity contribution >= 4 is 11.0 Å². The summed E-state index contributed by atoms with van der Waals surface area (Å²) in [4.78, 5) is 4.81. The van der Waals surface area contributed by atoms with Crippen molar-refractivity contribution in [2.45, 2.75) is 51.5 Å². The zero-order chi connectivity index (χ0) is 15.6. The molecule has 2 aliphatic rings. The molecule has 0 amide bonds. The van der Waals surface area contributed by atoms with Gasteiger partial charge in [-0.15, -0.1) is 0 Å². The van der Waals surface area contributed by atoms with Crippen molar-refractivity contribution in [2.75, 3.05) is 13.4 Å². The van der Waals surface area contributed by atoms with Gasteiger partial charge in [-0.1, -0.05) is 32.1 Å². The first-order valence-electron chi connectivity index (χ1n) is 8.75. The third kappa shape index (κ3) is 2.90. The Kier molecular flexibility index (Phi) is 4.12. The van der Waals surface area contributed by atoms with Crippen molar-refractivity contribution in [3.63, 3.8) is 0 Å². The van der Waals surface area contributed by atoms with Crippen molar-refractivity contribution in [2.24, 2.45) is 5.92 Å². The molecule has 1 N–H and O–H groups in total. The van der Waals surface area contributed by atoms with Crippen molar-refractivity contribution in [1.82, 2.24) is 9.55 Å². The van der Waals surface area contributed by atoms with Gasteiger partial charge in [0, 0.05) is 25.1 Å². The highest BCUT2D eigenvalue weighted by molar-refractivity contribution is 5.81. The summed E-state index contributed by atoms with van der Waals surface area (Å²) in [5, 5.41) is 9.43. The molecule has 1 aliphatic heterocycles. The van der Waals surface area contributed by atoms with Crippen LogP contribution in [0.2, 0.25) is 0 Å². The summed E-state index contributed by atoms with van der Waals surface area (Å²) in [5.74, 6) is 3.45. The van der Waals surface area contributed by atoms with Crippen LogP contribution in [0, 0.1) is 5.92 Å².